The number of benzene rings is 1. The lowest BCUT2D eigenvalue weighted by Crippen LogP contribution is -2.14. The molecular weight excluding hydrogens is 262 g/mol. The van der Waals surface area contributed by atoms with Gasteiger partial charge in [-0.05, 0) is 31.9 Å². The van der Waals surface area contributed by atoms with Gasteiger partial charge in [-0.25, -0.2) is 0 Å². The zero-order chi connectivity index (χ0) is 13.1. The van der Waals surface area contributed by atoms with Crippen molar-refractivity contribution in [3.05, 3.63) is 35.9 Å². The number of hydrogen-bond donors (Lipinski definition) is 1. The second kappa shape index (κ2) is 12.0. The second-order valence-corrected chi connectivity index (χ2v) is 4.28. The SMILES string of the molecule is CCOC(=O)CCCCCNCc1ccccc1.Cl. The molecule has 0 spiro atoms. The smallest absolute Gasteiger partial charge is 0.305 e. The summed E-state index contributed by atoms with van der Waals surface area (Å²) < 4.78 is 4.87. The van der Waals surface area contributed by atoms with Crippen LogP contribution in [0.4, 0.5) is 0 Å². The molecule has 0 radical (unpaired) electrons. The highest BCUT2D eigenvalue weighted by atomic mass is 35.5. The molecule has 0 unspecified atom stereocenters. The third kappa shape index (κ3) is 9.51. The average Bonchev–Trinajstić information content (AvgIpc) is 2.39. The van der Waals surface area contributed by atoms with Crippen molar-refractivity contribution in [2.45, 2.75) is 39.2 Å². The molecule has 0 heterocycles. The van der Waals surface area contributed by atoms with Crippen LogP contribution in [0.2, 0.25) is 0 Å². The summed E-state index contributed by atoms with van der Waals surface area (Å²) in [5.74, 6) is -0.0743. The van der Waals surface area contributed by atoms with Crippen LogP contribution in [-0.4, -0.2) is 19.1 Å². The minimum absolute atomic E-state index is 0. The Bertz CT molecular complexity index is 330. The number of unbranched alkanes of at least 4 members (excludes halogenated alkanes) is 2. The Kier molecular flexibility index (Phi) is 11.3. The molecular formula is C15H24ClNO2. The molecule has 108 valence electrons. The van der Waals surface area contributed by atoms with Crippen molar-refractivity contribution in [2.24, 2.45) is 0 Å². The van der Waals surface area contributed by atoms with Crippen LogP contribution in [-0.2, 0) is 16.1 Å². The Morgan fingerprint density at radius 2 is 1.89 bits per heavy atom. The Balaban J connectivity index is 0.00000324. The summed E-state index contributed by atoms with van der Waals surface area (Å²) in [7, 11) is 0. The van der Waals surface area contributed by atoms with E-state index in [1.54, 1.807) is 0 Å². The minimum Gasteiger partial charge on any atom is -0.466 e. The Hall–Kier alpha value is -1.06. The molecule has 19 heavy (non-hydrogen) atoms. The molecule has 1 N–H and O–H groups in total. The first kappa shape index (κ1) is 17.9. The van der Waals surface area contributed by atoms with Crippen molar-refractivity contribution in [2.75, 3.05) is 13.2 Å². The van der Waals surface area contributed by atoms with Crippen LogP contribution in [0.15, 0.2) is 30.3 Å². The van der Waals surface area contributed by atoms with Gasteiger partial charge in [0, 0.05) is 13.0 Å². The molecule has 0 aliphatic carbocycles. The summed E-state index contributed by atoms with van der Waals surface area (Å²) in [5.41, 5.74) is 1.31. The lowest BCUT2D eigenvalue weighted by atomic mass is 10.2. The van der Waals surface area contributed by atoms with E-state index < -0.39 is 0 Å². The van der Waals surface area contributed by atoms with E-state index >= 15 is 0 Å². The van der Waals surface area contributed by atoms with Gasteiger partial charge >= 0.3 is 5.97 Å². The number of halogens is 1. The van der Waals surface area contributed by atoms with Gasteiger partial charge in [0.15, 0.2) is 0 Å². The minimum atomic E-state index is -0.0743. The van der Waals surface area contributed by atoms with Crippen molar-refractivity contribution in [1.82, 2.24) is 5.32 Å². The lowest BCUT2D eigenvalue weighted by Gasteiger charge is -2.05. The molecule has 0 aliphatic rings. The third-order valence-corrected chi connectivity index (χ3v) is 2.71. The molecule has 1 aromatic rings. The van der Waals surface area contributed by atoms with E-state index in [1.807, 2.05) is 13.0 Å². The number of ether oxygens (including phenoxy) is 1. The summed E-state index contributed by atoms with van der Waals surface area (Å²) in [5, 5.41) is 3.40. The number of nitrogens with one attached hydrogen (secondary N) is 1. The van der Waals surface area contributed by atoms with E-state index in [2.05, 4.69) is 29.6 Å². The predicted molar refractivity (Wildman–Crippen MR) is 80.5 cm³/mol. The van der Waals surface area contributed by atoms with Crippen molar-refractivity contribution >= 4 is 18.4 Å². The van der Waals surface area contributed by atoms with E-state index in [0.29, 0.717) is 13.0 Å². The maximum absolute atomic E-state index is 11.1. The maximum atomic E-state index is 11.1. The summed E-state index contributed by atoms with van der Waals surface area (Å²) in [6.07, 6.45) is 3.64. The van der Waals surface area contributed by atoms with Gasteiger partial charge in [0.25, 0.3) is 0 Å². The predicted octanol–water partition coefficient (Wildman–Crippen LogP) is 3.32. The van der Waals surface area contributed by atoms with Gasteiger partial charge in [0.05, 0.1) is 6.61 Å². The normalized spacial score (nSPS) is 9.74. The van der Waals surface area contributed by atoms with Gasteiger partial charge in [-0.2, -0.15) is 0 Å². The number of hydrogen-bond acceptors (Lipinski definition) is 3. The molecule has 1 aromatic carbocycles. The van der Waals surface area contributed by atoms with Gasteiger partial charge in [-0.15, -0.1) is 12.4 Å². The van der Waals surface area contributed by atoms with Crippen molar-refractivity contribution in [3.63, 3.8) is 0 Å². The molecule has 0 aromatic heterocycles. The molecule has 0 amide bonds. The quantitative estimate of drug-likeness (QED) is 0.559. The maximum Gasteiger partial charge on any atom is 0.305 e. The molecule has 0 saturated heterocycles. The lowest BCUT2D eigenvalue weighted by molar-refractivity contribution is -0.143. The summed E-state index contributed by atoms with van der Waals surface area (Å²) in [6.45, 7) is 4.24. The van der Waals surface area contributed by atoms with Crippen molar-refractivity contribution in [3.8, 4) is 0 Å². The fourth-order valence-electron chi connectivity index (χ4n) is 1.76. The fraction of sp³-hybridized carbons (Fsp3) is 0.533. The Morgan fingerprint density at radius 3 is 2.58 bits per heavy atom. The molecule has 0 fully saturated rings. The zero-order valence-corrected chi connectivity index (χ0v) is 12.4. The van der Waals surface area contributed by atoms with Gasteiger partial charge in [0.2, 0.25) is 0 Å². The van der Waals surface area contributed by atoms with E-state index in [-0.39, 0.29) is 18.4 Å². The van der Waals surface area contributed by atoms with Crippen LogP contribution in [0.1, 0.15) is 38.2 Å². The molecule has 0 aliphatic heterocycles. The number of carbonyl (C=O) groups excluding carboxylic acids is 1. The van der Waals surface area contributed by atoms with Crippen LogP contribution >= 0.6 is 12.4 Å². The van der Waals surface area contributed by atoms with E-state index in [4.69, 9.17) is 4.74 Å². The highest BCUT2D eigenvalue weighted by molar-refractivity contribution is 5.85. The van der Waals surface area contributed by atoms with Crippen molar-refractivity contribution < 1.29 is 9.53 Å². The monoisotopic (exact) mass is 285 g/mol. The molecule has 4 heteroatoms. The van der Waals surface area contributed by atoms with Gasteiger partial charge in [-0.3, -0.25) is 4.79 Å². The standard InChI is InChI=1S/C15H23NO2.ClH/c1-2-18-15(17)11-7-4-8-12-16-13-14-9-5-3-6-10-14;/h3,5-6,9-10,16H,2,4,7-8,11-13H2,1H3;1H. The summed E-state index contributed by atoms with van der Waals surface area (Å²) in [6, 6.07) is 10.4. The number of esters is 1. The number of carbonyl (C=O) groups is 1. The molecule has 0 bridgehead atoms. The highest BCUT2D eigenvalue weighted by Gasteiger charge is 2.00. The van der Waals surface area contributed by atoms with Crippen LogP contribution in [0.3, 0.4) is 0 Å². The van der Waals surface area contributed by atoms with E-state index in [9.17, 15) is 4.79 Å². The van der Waals surface area contributed by atoms with Crippen LogP contribution in [0.25, 0.3) is 0 Å². The fourth-order valence-corrected chi connectivity index (χ4v) is 1.76. The molecule has 3 nitrogen and oxygen atoms in total. The van der Waals surface area contributed by atoms with Crippen molar-refractivity contribution in [1.29, 1.82) is 0 Å². The van der Waals surface area contributed by atoms with Gasteiger partial charge in [0.1, 0.15) is 0 Å². The molecule has 0 saturated carbocycles. The second-order valence-electron chi connectivity index (χ2n) is 4.28. The summed E-state index contributed by atoms with van der Waals surface area (Å²) in [4.78, 5) is 11.1. The van der Waals surface area contributed by atoms with Crippen LogP contribution < -0.4 is 5.32 Å². The van der Waals surface area contributed by atoms with E-state index in [1.165, 1.54) is 5.56 Å². The Labute approximate surface area is 122 Å². The van der Waals surface area contributed by atoms with Crippen LogP contribution in [0.5, 0.6) is 0 Å². The summed E-state index contributed by atoms with van der Waals surface area (Å²) >= 11 is 0. The van der Waals surface area contributed by atoms with Gasteiger partial charge < -0.3 is 10.1 Å². The third-order valence-electron chi connectivity index (χ3n) is 2.71. The Morgan fingerprint density at radius 1 is 1.16 bits per heavy atom. The van der Waals surface area contributed by atoms with E-state index in [0.717, 1.165) is 32.4 Å². The first-order chi connectivity index (χ1) is 8.83. The topological polar surface area (TPSA) is 38.3 Å². The first-order valence-corrected chi connectivity index (χ1v) is 6.73. The first-order valence-electron chi connectivity index (χ1n) is 6.73. The zero-order valence-electron chi connectivity index (χ0n) is 11.6. The number of rotatable bonds is 9. The molecule has 1 rings (SSSR count). The van der Waals surface area contributed by atoms with Crippen LogP contribution in [0, 0.1) is 0 Å². The largest absolute Gasteiger partial charge is 0.466 e. The highest BCUT2D eigenvalue weighted by Crippen LogP contribution is 2.01. The average molecular weight is 286 g/mol. The molecule has 0 atom stereocenters. The van der Waals surface area contributed by atoms with Gasteiger partial charge in [-0.1, -0.05) is 36.8 Å².